The Hall–Kier alpha value is -1.96. The van der Waals surface area contributed by atoms with Crippen molar-refractivity contribution in [2.45, 2.75) is 64.3 Å². The van der Waals surface area contributed by atoms with Gasteiger partial charge in [-0.3, -0.25) is 14.4 Å². The van der Waals surface area contributed by atoms with Gasteiger partial charge >= 0.3 is 5.97 Å². The molecule has 1 atom stereocenters. The summed E-state index contributed by atoms with van der Waals surface area (Å²) in [4.78, 5) is 50.5. The Kier molecular flexibility index (Phi) is 8.25. The predicted octanol–water partition coefficient (Wildman–Crippen LogP) is 0.398. The van der Waals surface area contributed by atoms with Crippen molar-refractivity contribution in [2.24, 2.45) is 5.73 Å². The quantitative estimate of drug-likeness (QED) is 0.443. The fourth-order valence-electron chi connectivity index (χ4n) is 2.08. The molecule has 8 nitrogen and oxygen atoms in total. The Bertz CT molecular complexity index is 436. The molecule has 3 N–H and O–H groups in total. The van der Waals surface area contributed by atoms with E-state index in [1.54, 1.807) is 0 Å². The molecule has 0 aromatic carbocycles. The molecule has 1 aliphatic heterocycles. The molecule has 23 heavy (non-hydrogen) atoms. The van der Waals surface area contributed by atoms with Gasteiger partial charge in [-0.1, -0.05) is 13.3 Å². The Morgan fingerprint density at radius 1 is 1.22 bits per heavy atom. The Balaban J connectivity index is 2.14. The molecule has 0 bridgehead atoms. The molecule has 0 aliphatic carbocycles. The molecular weight excluding hydrogens is 302 g/mol. The van der Waals surface area contributed by atoms with Crippen molar-refractivity contribution in [1.82, 2.24) is 10.4 Å². The van der Waals surface area contributed by atoms with E-state index in [2.05, 4.69) is 5.32 Å². The zero-order valence-electron chi connectivity index (χ0n) is 13.5. The molecule has 1 unspecified atom stereocenters. The first-order chi connectivity index (χ1) is 11.0. The molecule has 0 spiro atoms. The molecule has 130 valence electrons. The maximum atomic E-state index is 11.7. The minimum atomic E-state index is -0.896. The van der Waals surface area contributed by atoms with Gasteiger partial charge in [-0.15, -0.1) is 5.06 Å². The van der Waals surface area contributed by atoms with Crippen LogP contribution in [0.2, 0.25) is 0 Å². The number of imide groups is 1. The van der Waals surface area contributed by atoms with Gasteiger partial charge in [0.05, 0.1) is 0 Å². The Morgan fingerprint density at radius 3 is 2.48 bits per heavy atom. The van der Waals surface area contributed by atoms with Crippen LogP contribution in [0.25, 0.3) is 0 Å². The second-order valence-electron chi connectivity index (χ2n) is 5.55. The van der Waals surface area contributed by atoms with Crippen molar-refractivity contribution in [1.29, 1.82) is 0 Å². The second kappa shape index (κ2) is 9.94. The highest BCUT2D eigenvalue weighted by Gasteiger charge is 2.33. The van der Waals surface area contributed by atoms with Crippen LogP contribution in [0.5, 0.6) is 0 Å². The predicted molar refractivity (Wildman–Crippen MR) is 81.5 cm³/mol. The second-order valence-corrected chi connectivity index (χ2v) is 5.55. The van der Waals surface area contributed by atoms with Gasteiger partial charge < -0.3 is 15.9 Å². The number of hydroxylamine groups is 2. The fraction of sp³-hybridized carbons (Fsp3) is 0.733. The number of carbonyl (C=O) groups excluding carboxylic acids is 4. The number of unbranched alkanes of at least 4 members (excludes halogenated alkanes) is 2. The molecule has 1 rings (SSSR count). The van der Waals surface area contributed by atoms with Crippen LogP contribution in [0.15, 0.2) is 0 Å². The number of nitrogens with zero attached hydrogens (tertiary/aromatic N) is 1. The largest absolute Gasteiger partial charge is 0.356 e. The summed E-state index contributed by atoms with van der Waals surface area (Å²) in [6.07, 6.45) is 4.17. The summed E-state index contributed by atoms with van der Waals surface area (Å²) in [5.74, 6) is -1.81. The molecule has 1 saturated heterocycles. The van der Waals surface area contributed by atoms with Gasteiger partial charge in [0.1, 0.15) is 6.04 Å². The lowest BCUT2D eigenvalue weighted by Crippen LogP contribution is -2.40. The van der Waals surface area contributed by atoms with E-state index >= 15 is 0 Å². The van der Waals surface area contributed by atoms with Crippen molar-refractivity contribution in [3.8, 4) is 0 Å². The van der Waals surface area contributed by atoms with Gasteiger partial charge in [0.2, 0.25) is 5.91 Å². The first-order valence-corrected chi connectivity index (χ1v) is 8.05. The van der Waals surface area contributed by atoms with Crippen LogP contribution >= 0.6 is 0 Å². The molecular formula is C15H25N3O5. The van der Waals surface area contributed by atoms with Crippen LogP contribution in [0.4, 0.5) is 0 Å². The summed E-state index contributed by atoms with van der Waals surface area (Å²) in [5, 5.41) is 3.29. The topological polar surface area (TPSA) is 119 Å². The van der Waals surface area contributed by atoms with Crippen LogP contribution < -0.4 is 11.1 Å². The summed E-state index contributed by atoms with van der Waals surface area (Å²) in [7, 11) is 0. The zero-order chi connectivity index (χ0) is 17.2. The van der Waals surface area contributed by atoms with Gasteiger partial charge in [0, 0.05) is 25.8 Å². The summed E-state index contributed by atoms with van der Waals surface area (Å²) < 4.78 is 0. The maximum absolute atomic E-state index is 11.7. The van der Waals surface area contributed by atoms with Crippen molar-refractivity contribution in [2.75, 3.05) is 6.54 Å². The molecule has 0 saturated carbocycles. The van der Waals surface area contributed by atoms with E-state index in [1.165, 1.54) is 0 Å². The number of carbonyl (C=O) groups is 4. The van der Waals surface area contributed by atoms with E-state index in [4.69, 9.17) is 10.6 Å². The van der Waals surface area contributed by atoms with Gasteiger partial charge in [-0.05, 0) is 25.7 Å². The SMILES string of the molecule is CCCCC(=O)NCCCCC(N)C(=O)ON1C(=O)CCC1=O. The summed E-state index contributed by atoms with van der Waals surface area (Å²) in [5.41, 5.74) is 5.68. The lowest BCUT2D eigenvalue weighted by molar-refractivity contribution is -0.198. The van der Waals surface area contributed by atoms with Gasteiger partial charge in [-0.2, -0.15) is 0 Å². The van der Waals surface area contributed by atoms with Crippen molar-refractivity contribution in [3.05, 3.63) is 0 Å². The molecule has 1 heterocycles. The monoisotopic (exact) mass is 327 g/mol. The highest BCUT2D eigenvalue weighted by Crippen LogP contribution is 2.13. The van der Waals surface area contributed by atoms with Crippen LogP contribution in [0, 0.1) is 0 Å². The van der Waals surface area contributed by atoms with Crippen LogP contribution in [-0.2, 0) is 24.0 Å². The number of nitrogens with one attached hydrogen (secondary N) is 1. The fourth-order valence-corrected chi connectivity index (χ4v) is 2.08. The first-order valence-electron chi connectivity index (χ1n) is 8.05. The minimum absolute atomic E-state index is 0.0293. The lowest BCUT2D eigenvalue weighted by atomic mass is 10.1. The van der Waals surface area contributed by atoms with E-state index in [-0.39, 0.29) is 18.7 Å². The smallest absolute Gasteiger partial charge is 0.349 e. The van der Waals surface area contributed by atoms with Gasteiger partial charge in [0.25, 0.3) is 11.8 Å². The molecule has 3 amide bonds. The van der Waals surface area contributed by atoms with E-state index in [1.807, 2.05) is 6.92 Å². The third-order valence-corrected chi connectivity index (χ3v) is 3.51. The highest BCUT2D eigenvalue weighted by molar-refractivity contribution is 6.01. The van der Waals surface area contributed by atoms with Crippen LogP contribution in [0.1, 0.15) is 58.3 Å². The number of hydrogen-bond acceptors (Lipinski definition) is 6. The minimum Gasteiger partial charge on any atom is -0.356 e. The number of hydrogen-bond donors (Lipinski definition) is 2. The zero-order valence-corrected chi connectivity index (χ0v) is 13.5. The number of rotatable bonds is 10. The van der Waals surface area contributed by atoms with Crippen molar-refractivity contribution >= 4 is 23.7 Å². The Morgan fingerprint density at radius 2 is 1.87 bits per heavy atom. The van der Waals surface area contributed by atoms with Gasteiger partial charge in [0.15, 0.2) is 0 Å². The van der Waals surface area contributed by atoms with E-state index < -0.39 is 23.8 Å². The van der Waals surface area contributed by atoms with E-state index in [0.29, 0.717) is 37.3 Å². The maximum Gasteiger partial charge on any atom is 0.349 e. The first kappa shape index (κ1) is 19.1. The normalized spacial score (nSPS) is 15.7. The van der Waals surface area contributed by atoms with Crippen molar-refractivity contribution < 1.29 is 24.0 Å². The molecule has 8 heteroatoms. The molecule has 0 aromatic heterocycles. The van der Waals surface area contributed by atoms with E-state index in [0.717, 1.165) is 12.8 Å². The molecule has 0 aromatic rings. The number of nitrogens with two attached hydrogens (primary N) is 1. The third-order valence-electron chi connectivity index (χ3n) is 3.51. The van der Waals surface area contributed by atoms with Crippen molar-refractivity contribution in [3.63, 3.8) is 0 Å². The Labute approximate surface area is 135 Å². The standard InChI is InChI=1S/C15H25N3O5/c1-2-3-7-12(19)17-10-5-4-6-11(16)15(22)23-18-13(20)8-9-14(18)21/h11H,2-10,16H2,1H3,(H,17,19). The molecule has 1 fully saturated rings. The average molecular weight is 327 g/mol. The lowest BCUT2D eigenvalue weighted by Gasteiger charge is -2.16. The van der Waals surface area contributed by atoms with Crippen LogP contribution in [0.3, 0.4) is 0 Å². The van der Waals surface area contributed by atoms with Gasteiger partial charge in [-0.25, -0.2) is 4.79 Å². The highest BCUT2D eigenvalue weighted by atomic mass is 16.7. The average Bonchev–Trinajstić information content (AvgIpc) is 2.84. The summed E-state index contributed by atoms with van der Waals surface area (Å²) >= 11 is 0. The molecule has 1 aliphatic rings. The summed E-state index contributed by atoms with van der Waals surface area (Å²) in [6.45, 7) is 2.56. The summed E-state index contributed by atoms with van der Waals surface area (Å²) in [6, 6.07) is -0.896. The van der Waals surface area contributed by atoms with E-state index in [9.17, 15) is 19.2 Å². The van der Waals surface area contributed by atoms with Crippen LogP contribution in [-0.4, -0.2) is 41.3 Å². The third kappa shape index (κ3) is 6.77. The molecule has 0 radical (unpaired) electrons. The number of amides is 3.